The number of nitrogens with zero attached hydrogens (tertiary/aromatic N) is 1. The Hall–Kier alpha value is -1.38. The zero-order valence-corrected chi connectivity index (χ0v) is 4.97. The Labute approximate surface area is 56.3 Å². The number of fused-ring (bicyclic) bond motifs is 1. The third-order valence-corrected chi connectivity index (χ3v) is 1.26. The van der Waals surface area contributed by atoms with Crippen molar-refractivity contribution >= 4 is 11.1 Å². The van der Waals surface area contributed by atoms with Gasteiger partial charge in [-0.15, -0.1) is 0 Å². The fourth-order valence-electron chi connectivity index (χ4n) is 0.804. The quantitative estimate of drug-likeness (QED) is 0.551. The van der Waals surface area contributed by atoms with Crippen LogP contribution in [0.15, 0.2) is 22.6 Å². The van der Waals surface area contributed by atoms with Crippen molar-refractivity contribution in [3.63, 3.8) is 0 Å². The topological polar surface area (TPSA) is 26.0 Å². The molecule has 0 aliphatic rings. The van der Waals surface area contributed by atoms with Gasteiger partial charge in [0.1, 0.15) is 5.52 Å². The molecular formula is C7H3FNO. The summed E-state index contributed by atoms with van der Waals surface area (Å²) in [5, 5.41) is 0. The van der Waals surface area contributed by atoms with E-state index in [1.54, 1.807) is 12.1 Å². The Kier molecular flexibility index (Phi) is 0.974. The van der Waals surface area contributed by atoms with E-state index in [1.165, 1.54) is 6.07 Å². The minimum absolute atomic E-state index is 0.238. The van der Waals surface area contributed by atoms with E-state index in [1.807, 2.05) is 0 Å². The highest BCUT2D eigenvalue weighted by Gasteiger charge is 2.02. The molecule has 0 saturated heterocycles. The Morgan fingerprint density at radius 3 is 3.20 bits per heavy atom. The average molecular weight is 136 g/mol. The smallest absolute Gasteiger partial charge is 0.284 e. The number of rotatable bonds is 0. The summed E-state index contributed by atoms with van der Waals surface area (Å²) < 4.78 is 17.4. The number of aromatic nitrogens is 1. The lowest BCUT2D eigenvalue weighted by atomic mass is 10.3. The largest absolute Gasteiger partial charge is 0.432 e. The van der Waals surface area contributed by atoms with E-state index in [-0.39, 0.29) is 11.3 Å². The molecular weight excluding hydrogens is 133 g/mol. The van der Waals surface area contributed by atoms with Crippen LogP contribution >= 0.6 is 0 Å². The molecule has 0 aliphatic carbocycles. The molecule has 49 valence electrons. The van der Waals surface area contributed by atoms with Crippen molar-refractivity contribution in [1.82, 2.24) is 4.98 Å². The molecule has 0 fully saturated rings. The van der Waals surface area contributed by atoms with Crippen molar-refractivity contribution < 1.29 is 8.81 Å². The predicted octanol–water partition coefficient (Wildman–Crippen LogP) is 1.77. The second-order valence-electron chi connectivity index (χ2n) is 1.89. The first-order valence-corrected chi connectivity index (χ1v) is 2.79. The summed E-state index contributed by atoms with van der Waals surface area (Å²) in [4.78, 5) is 3.55. The van der Waals surface area contributed by atoms with E-state index in [0.717, 1.165) is 0 Å². The number of hydrogen-bond donors (Lipinski definition) is 0. The van der Waals surface area contributed by atoms with Crippen LogP contribution in [0.3, 0.4) is 0 Å². The molecule has 0 saturated carbocycles. The molecule has 0 bridgehead atoms. The molecule has 1 radical (unpaired) electrons. The van der Waals surface area contributed by atoms with Gasteiger partial charge in [0.05, 0.1) is 0 Å². The maximum absolute atomic E-state index is 12.7. The molecule has 0 N–H and O–H groups in total. The standard InChI is InChI=1S/C7H3FNO/c8-5-2-1-3-6-7(5)9-4-10-6/h1-3H. The second-order valence-corrected chi connectivity index (χ2v) is 1.89. The molecule has 2 nitrogen and oxygen atoms in total. The van der Waals surface area contributed by atoms with Crippen molar-refractivity contribution in [2.24, 2.45) is 0 Å². The lowest BCUT2D eigenvalue weighted by molar-refractivity contribution is 0.590. The highest BCUT2D eigenvalue weighted by molar-refractivity contribution is 5.72. The summed E-state index contributed by atoms with van der Waals surface area (Å²) in [6.45, 7) is 0. The fraction of sp³-hybridized carbons (Fsp3) is 0. The predicted molar refractivity (Wildman–Crippen MR) is 32.8 cm³/mol. The van der Waals surface area contributed by atoms with Crippen LogP contribution in [0.25, 0.3) is 11.1 Å². The molecule has 0 unspecified atom stereocenters. The number of oxazole rings is 1. The molecule has 10 heavy (non-hydrogen) atoms. The summed E-state index contributed by atoms with van der Waals surface area (Å²) in [7, 11) is 0. The first kappa shape index (κ1) is 5.41. The zero-order chi connectivity index (χ0) is 6.97. The van der Waals surface area contributed by atoms with Gasteiger partial charge in [-0.2, -0.15) is 0 Å². The number of benzene rings is 1. The van der Waals surface area contributed by atoms with Crippen LogP contribution in [0.1, 0.15) is 0 Å². The second kappa shape index (κ2) is 1.80. The summed E-state index contributed by atoms with van der Waals surface area (Å²) in [6, 6.07) is 4.54. The molecule has 3 heteroatoms. The van der Waals surface area contributed by atoms with Crippen LogP contribution in [0.5, 0.6) is 0 Å². The molecule has 1 aromatic carbocycles. The van der Waals surface area contributed by atoms with Gasteiger partial charge in [0.25, 0.3) is 6.39 Å². The van der Waals surface area contributed by atoms with Gasteiger partial charge in [-0.1, -0.05) is 6.07 Å². The monoisotopic (exact) mass is 136 g/mol. The van der Waals surface area contributed by atoms with Crippen molar-refractivity contribution in [2.75, 3.05) is 0 Å². The van der Waals surface area contributed by atoms with Gasteiger partial charge in [-0.05, 0) is 12.1 Å². The third kappa shape index (κ3) is 0.603. The van der Waals surface area contributed by atoms with E-state index in [2.05, 4.69) is 11.4 Å². The van der Waals surface area contributed by atoms with Crippen LogP contribution in [0, 0.1) is 12.2 Å². The van der Waals surface area contributed by atoms with Gasteiger partial charge in [0, 0.05) is 0 Å². The minimum atomic E-state index is -0.373. The van der Waals surface area contributed by atoms with E-state index >= 15 is 0 Å². The van der Waals surface area contributed by atoms with E-state index in [9.17, 15) is 4.39 Å². The van der Waals surface area contributed by atoms with Crippen LogP contribution in [0.4, 0.5) is 4.39 Å². The molecule has 0 spiro atoms. The van der Waals surface area contributed by atoms with Crippen molar-refractivity contribution in [3.05, 3.63) is 30.4 Å². The van der Waals surface area contributed by atoms with Gasteiger partial charge in [-0.25, -0.2) is 9.37 Å². The summed E-state index contributed by atoms with van der Waals surface area (Å²) in [5.74, 6) is -0.373. The lowest BCUT2D eigenvalue weighted by Gasteiger charge is -1.85. The van der Waals surface area contributed by atoms with Gasteiger partial charge in [0.15, 0.2) is 11.4 Å². The normalized spacial score (nSPS) is 10.5. The average Bonchev–Trinajstić information content (AvgIpc) is 2.36. The number of para-hydroxylation sites is 1. The third-order valence-electron chi connectivity index (χ3n) is 1.26. The number of halogens is 1. The van der Waals surface area contributed by atoms with Crippen LogP contribution in [-0.2, 0) is 0 Å². The summed E-state index contributed by atoms with van der Waals surface area (Å²) in [5.41, 5.74) is 0.669. The Morgan fingerprint density at radius 1 is 1.50 bits per heavy atom. The van der Waals surface area contributed by atoms with Crippen molar-refractivity contribution in [2.45, 2.75) is 0 Å². The number of hydrogen-bond acceptors (Lipinski definition) is 2. The maximum atomic E-state index is 12.7. The van der Waals surface area contributed by atoms with Crippen LogP contribution in [-0.4, -0.2) is 4.98 Å². The molecule has 1 heterocycles. The SMILES string of the molecule is Fc1cccc2o[c]nc12. The van der Waals surface area contributed by atoms with Gasteiger partial charge in [0.2, 0.25) is 0 Å². The Bertz CT molecular complexity index is 355. The van der Waals surface area contributed by atoms with E-state index in [4.69, 9.17) is 4.42 Å². The minimum Gasteiger partial charge on any atom is -0.432 e. The van der Waals surface area contributed by atoms with E-state index in [0.29, 0.717) is 5.58 Å². The maximum Gasteiger partial charge on any atom is 0.284 e. The van der Waals surface area contributed by atoms with Crippen LogP contribution in [0.2, 0.25) is 0 Å². The zero-order valence-electron chi connectivity index (χ0n) is 4.97. The highest BCUT2D eigenvalue weighted by Crippen LogP contribution is 2.13. The molecule has 2 rings (SSSR count). The molecule has 0 amide bonds. The van der Waals surface area contributed by atoms with Gasteiger partial charge < -0.3 is 4.42 Å². The Morgan fingerprint density at radius 2 is 2.40 bits per heavy atom. The van der Waals surface area contributed by atoms with Crippen molar-refractivity contribution in [3.8, 4) is 0 Å². The lowest BCUT2D eigenvalue weighted by Crippen LogP contribution is -1.74. The van der Waals surface area contributed by atoms with Crippen molar-refractivity contribution in [1.29, 1.82) is 0 Å². The Balaban J connectivity index is 2.95. The fourth-order valence-corrected chi connectivity index (χ4v) is 0.804. The molecule has 1 aromatic heterocycles. The molecule has 0 aliphatic heterocycles. The molecule has 0 atom stereocenters. The summed E-state index contributed by atoms with van der Waals surface area (Å²) >= 11 is 0. The van der Waals surface area contributed by atoms with Gasteiger partial charge in [-0.3, -0.25) is 0 Å². The van der Waals surface area contributed by atoms with Crippen LogP contribution < -0.4 is 0 Å². The summed E-state index contributed by atoms with van der Waals surface area (Å²) in [6.07, 6.45) is 2.21. The highest BCUT2D eigenvalue weighted by atomic mass is 19.1. The first-order valence-electron chi connectivity index (χ1n) is 2.79. The molecule has 2 aromatic rings. The van der Waals surface area contributed by atoms with Gasteiger partial charge >= 0.3 is 0 Å². The first-order chi connectivity index (χ1) is 4.88. The van der Waals surface area contributed by atoms with E-state index < -0.39 is 0 Å².